The normalized spacial score (nSPS) is 21.4. The maximum atomic E-state index is 15.1. The molecule has 0 aliphatic carbocycles. The molecule has 0 saturated carbocycles. The van der Waals surface area contributed by atoms with Gasteiger partial charge in [0.05, 0.1) is 6.54 Å². The lowest BCUT2D eigenvalue weighted by atomic mass is 9.81. The number of aromatic nitrogens is 2. The van der Waals surface area contributed by atoms with Crippen molar-refractivity contribution in [3.05, 3.63) is 93.4 Å². The van der Waals surface area contributed by atoms with Crippen molar-refractivity contribution in [2.24, 2.45) is 10.9 Å². The van der Waals surface area contributed by atoms with Crippen molar-refractivity contribution in [2.75, 3.05) is 23.7 Å². The zero-order valence-corrected chi connectivity index (χ0v) is 19.7. The second kappa shape index (κ2) is 9.29. The molecule has 2 atom stereocenters. The van der Waals surface area contributed by atoms with Crippen LogP contribution in [0.4, 0.5) is 27.9 Å². The minimum absolute atomic E-state index is 0.0522. The van der Waals surface area contributed by atoms with Crippen molar-refractivity contribution >= 4 is 28.8 Å². The molecule has 1 saturated heterocycles. The molecular weight excluding hydrogens is 517 g/mol. The molecule has 192 valence electrons. The fourth-order valence-corrected chi connectivity index (χ4v) is 5.69. The molecule has 0 bridgehead atoms. The van der Waals surface area contributed by atoms with Gasteiger partial charge in [-0.2, -0.15) is 17.6 Å². The molecule has 0 spiro atoms. The van der Waals surface area contributed by atoms with E-state index < -0.39 is 52.4 Å². The van der Waals surface area contributed by atoms with Crippen molar-refractivity contribution in [2.45, 2.75) is 11.7 Å². The quantitative estimate of drug-likeness (QED) is 0.496. The molecule has 7 nitrogen and oxygen atoms in total. The highest BCUT2D eigenvalue weighted by atomic mass is 32.2. The average molecular weight is 535 g/mol. The second-order valence-corrected chi connectivity index (χ2v) is 9.59. The molecule has 37 heavy (non-hydrogen) atoms. The number of amidine groups is 1. The highest BCUT2D eigenvalue weighted by molar-refractivity contribution is 8.13. The van der Waals surface area contributed by atoms with Crippen molar-refractivity contribution < 1.29 is 26.7 Å². The summed E-state index contributed by atoms with van der Waals surface area (Å²) in [6, 6.07) is 14.2. The number of amides is 1. The van der Waals surface area contributed by atoms with E-state index in [0.717, 1.165) is 0 Å². The largest absolute Gasteiger partial charge is 0.436 e. The Labute approximate surface area is 210 Å². The van der Waals surface area contributed by atoms with Crippen LogP contribution in [0.2, 0.25) is 0 Å². The van der Waals surface area contributed by atoms with Gasteiger partial charge in [0.1, 0.15) is 11.4 Å². The molecule has 0 unspecified atom stereocenters. The molecule has 13 heteroatoms. The van der Waals surface area contributed by atoms with Gasteiger partial charge < -0.3 is 10.2 Å². The average Bonchev–Trinajstić information content (AvgIpc) is 3.25. The van der Waals surface area contributed by atoms with Crippen LogP contribution in [-0.4, -0.2) is 39.9 Å². The third-order valence-corrected chi connectivity index (χ3v) is 7.32. The molecule has 3 aromatic rings. The maximum Gasteiger partial charge on any atom is 0.436 e. The number of rotatable bonds is 3. The van der Waals surface area contributed by atoms with E-state index in [0.29, 0.717) is 11.3 Å². The standard InChI is InChI=1S/C24H18F5N5O2S/c25-16-9-5-4-8-15(16)23-12-34(21-30-18(24(27,28)29)17(26)20(36)31-21)10-14(23)11-37-22(33-23)32-19(35)13-6-2-1-3-7-13/h1-9,14H,10-12H2,(H,30,31,36)(H,32,33,35)/t14-,23-/m0/s1. The van der Waals surface area contributed by atoms with E-state index >= 15 is 4.39 Å². The molecule has 3 heterocycles. The van der Waals surface area contributed by atoms with Gasteiger partial charge in [0.25, 0.3) is 11.5 Å². The molecule has 1 aromatic heterocycles. The Morgan fingerprint density at radius 3 is 2.51 bits per heavy atom. The van der Waals surface area contributed by atoms with E-state index in [1.165, 1.54) is 34.9 Å². The van der Waals surface area contributed by atoms with E-state index in [-0.39, 0.29) is 23.8 Å². The van der Waals surface area contributed by atoms with Crippen LogP contribution in [0.1, 0.15) is 21.6 Å². The number of H-pyrrole nitrogens is 1. The van der Waals surface area contributed by atoms with Gasteiger partial charge in [-0.25, -0.2) is 14.4 Å². The molecule has 2 aliphatic rings. The Balaban J connectivity index is 1.56. The van der Waals surface area contributed by atoms with Gasteiger partial charge in [-0.3, -0.25) is 14.6 Å². The SMILES string of the molecule is O=C(NC1=N[C@@]2(c3ccccc3F)CN(c3nc(C(F)(F)F)c(F)c(=O)[nH]3)C[C@H]2CS1)c1ccccc1. The summed E-state index contributed by atoms with van der Waals surface area (Å²) in [5, 5.41) is 2.94. The number of aliphatic imine (C=N–C) groups is 1. The second-order valence-electron chi connectivity index (χ2n) is 8.58. The van der Waals surface area contributed by atoms with Gasteiger partial charge in [0.2, 0.25) is 11.8 Å². The number of carbonyl (C=O) groups is 1. The number of hydrogen-bond donors (Lipinski definition) is 2. The van der Waals surface area contributed by atoms with E-state index in [9.17, 15) is 27.2 Å². The Bertz CT molecular complexity index is 1450. The summed E-state index contributed by atoms with van der Waals surface area (Å²) >= 11 is 1.21. The summed E-state index contributed by atoms with van der Waals surface area (Å²) in [5.41, 5.74) is -4.26. The van der Waals surface area contributed by atoms with Crippen LogP contribution in [0.5, 0.6) is 0 Å². The minimum atomic E-state index is -5.19. The van der Waals surface area contributed by atoms with Crippen LogP contribution in [0, 0.1) is 17.6 Å². The number of hydrogen-bond acceptors (Lipinski definition) is 6. The predicted octanol–water partition coefficient (Wildman–Crippen LogP) is 3.93. The highest BCUT2D eigenvalue weighted by Gasteiger charge is 2.52. The number of thioether (sulfide) groups is 1. The summed E-state index contributed by atoms with van der Waals surface area (Å²) in [5.74, 6) is -3.65. The van der Waals surface area contributed by atoms with Crippen molar-refractivity contribution in [1.82, 2.24) is 15.3 Å². The van der Waals surface area contributed by atoms with Gasteiger partial charge in [-0.1, -0.05) is 48.2 Å². The molecule has 5 rings (SSSR count). The van der Waals surface area contributed by atoms with Crippen LogP contribution in [0.25, 0.3) is 0 Å². The molecule has 0 radical (unpaired) electrons. The smallest absolute Gasteiger partial charge is 0.339 e. The Morgan fingerprint density at radius 1 is 1.11 bits per heavy atom. The molecule has 1 amide bonds. The van der Waals surface area contributed by atoms with E-state index in [4.69, 9.17) is 4.99 Å². The van der Waals surface area contributed by atoms with E-state index in [1.54, 1.807) is 36.4 Å². The van der Waals surface area contributed by atoms with E-state index in [1.807, 2.05) is 0 Å². The lowest BCUT2D eigenvalue weighted by molar-refractivity contribution is -0.143. The van der Waals surface area contributed by atoms with Crippen LogP contribution < -0.4 is 15.8 Å². The first-order valence-electron chi connectivity index (χ1n) is 11.0. The van der Waals surface area contributed by atoms with Crippen molar-refractivity contribution in [3.63, 3.8) is 0 Å². The Morgan fingerprint density at radius 2 is 1.81 bits per heavy atom. The molecule has 2 N–H and O–H groups in total. The number of fused-ring (bicyclic) bond motifs is 1. The number of nitrogens with one attached hydrogen (secondary N) is 2. The van der Waals surface area contributed by atoms with Gasteiger partial charge >= 0.3 is 6.18 Å². The zero-order valence-electron chi connectivity index (χ0n) is 18.9. The summed E-state index contributed by atoms with van der Waals surface area (Å²) in [6.45, 7) is -0.119. The van der Waals surface area contributed by atoms with E-state index in [2.05, 4.69) is 15.3 Å². The highest BCUT2D eigenvalue weighted by Crippen LogP contribution is 2.47. The first-order chi connectivity index (χ1) is 17.6. The fraction of sp³-hybridized carbons (Fsp3) is 0.250. The monoisotopic (exact) mass is 535 g/mol. The first-order valence-corrected chi connectivity index (χ1v) is 12.0. The lowest BCUT2D eigenvalue weighted by Gasteiger charge is -2.35. The van der Waals surface area contributed by atoms with Crippen molar-refractivity contribution in [3.8, 4) is 0 Å². The molecular formula is C24H18F5N5O2S. The van der Waals surface area contributed by atoms with Crippen LogP contribution in [0.15, 0.2) is 64.4 Å². The third-order valence-electron chi connectivity index (χ3n) is 6.29. The first kappa shape index (κ1) is 24.9. The Kier molecular flexibility index (Phi) is 6.26. The summed E-state index contributed by atoms with van der Waals surface area (Å²) in [7, 11) is 0. The summed E-state index contributed by atoms with van der Waals surface area (Å²) in [6.07, 6.45) is -5.19. The van der Waals surface area contributed by atoms with Gasteiger partial charge in [0.15, 0.2) is 10.9 Å². The molecule has 2 aromatic carbocycles. The Hall–Kier alpha value is -3.74. The number of alkyl halides is 3. The number of carbonyl (C=O) groups excluding carboxylic acids is 1. The molecule has 2 aliphatic heterocycles. The van der Waals surface area contributed by atoms with Gasteiger partial charge in [-0.05, 0) is 18.2 Å². The topological polar surface area (TPSA) is 90.4 Å². The number of nitrogens with zero attached hydrogens (tertiary/aromatic N) is 3. The predicted molar refractivity (Wildman–Crippen MR) is 127 cm³/mol. The third kappa shape index (κ3) is 4.59. The minimum Gasteiger partial charge on any atom is -0.339 e. The number of aromatic amines is 1. The number of halogens is 5. The van der Waals surface area contributed by atoms with Gasteiger partial charge in [-0.15, -0.1) is 0 Å². The summed E-state index contributed by atoms with van der Waals surface area (Å²) < 4.78 is 68.9. The molecule has 1 fully saturated rings. The van der Waals surface area contributed by atoms with Crippen LogP contribution >= 0.6 is 11.8 Å². The van der Waals surface area contributed by atoms with Gasteiger partial charge in [0, 0.05) is 29.3 Å². The van der Waals surface area contributed by atoms with Crippen LogP contribution in [0.3, 0.4) is 0 Å². The summed E-state index contributed by atoms with van der Waals surface area (Å²) in [4.78, 5) is 36.1. The van der Waals surface area contributed by atoms with Crippen LogP contribution in [-0.2, 0) is 11.7 Å². The number of benzene rings is 2. The fourth-order valence-electron chi connectivity index (χ4n) is 4.56. The zero-order chi connectivity index (χ0) is 26.4. The number of anilines is 1. The maximum absolute atomic E-state index is 15.1. The lowest BCUT2D eigenvalue weighted by Crippen LogP contribution is -2.43. The van der Waals surface area contributed by atoms with Crippen molar-refractivity contribution in [1.29, 1.82) is 0 Å².